The maximum atomic E-state index is 12.3. The van der Waals surface area contributed by atoms with Crippen LogP contribution in [0, 0.1) is 0 Å². The lowest BCUT2D eigenvalue weighted by Gasteiger charge is -2.51. The highest BCUT2D eigenvalue weighted by atomic mass is 32.2. The molecule has 2 N–H and O–H groups in total. The fourth-order valence-corrected chi connectivity index (χ4v) is 6.66. The zero-order valence-electron chi connectivity index (χ0n) is 26.6. The molecule has 3 aliphatic heterocycles. The number of hydrogen-bond acceptors (Lipinski definition) is 10. The average molecular weight is 637 g/mol. The third-order valence-corrected chi connectivity index (χ3v) is 9.20. The lowest BCUT2D eigenvalue weighted by molar-refractivity contribution is -0.0290. The zero-order chi connectivity index (χ0) is 31.8. The van der Waals surface area contributed by atoms with Crippen molar-refractivity contribution in [3.8, 4) is 0 Å². The van der Waals surface area contributed by atoms with Crippen LogP contribution in [0.3, 0.4) is 0 Å². The van der Waals surface area contributed by atoms with E-state index in [0.717, 1.165) is 93.3 Å². The number of likely N-dealkylation sites (tertiary alicyclic amines) is 1. The first kappa shape index (κ1) is 31.3. The van der Waals surface area contributed by atoms with Crippen molar-refractivity contribution in [1.29, 1.82) is 0 Å². The average Bonchev–Trinajstić information content (AvgIpc) is 2.91. The largest absolute Gasteiger partial charge is 0.444 e. The van der Waals surface area contributed by atoms with E-state index in [2.05, 4.69) is 24.7 Å². The van der Waals surface area contributed by atoms with Crippen LogP contribution in [0.2, 0.25) is 0 Å². The van der Waals surface area contributed by atoms with Crippen molar-refractivity contribution in [3.63, 3.8) is 0 Å². The fraction of sp³-hybridized carbons (Fsp3) is 0.531. The molecule has 0 spiro atoms. The Hall–Kier alpha value is -3.68. The fourth-order valence-electron chi connectivity index (χ4n) is 6.10. The van der Waals surface area contributed by atoms with Crippen molar-refractivity contribution >= 4 is 44.5 Å². The number of carbonyl (C=O) groups is 1. The lowest BCUT2D eigenvalue weighted by Crippen LogP contribution is -2.67. The smallest absolute Gasteiger partial charge is 0.410 e. The summed E-state index contributed by atoms with van der Waals surface area (Å²) in [7, 11) is -3.29. The predicted octanol–water partition coefficient (Wildman–Crippen LogP) is 3.08. The lowest BCUT2D eigenvalue weighted by atomic mass is 10.0. The molecule has 0 bridgehead atoms. The predicted molar refractivity (Wildman–Crippen MR) is 177 cm³/mol. The van der Waals surface area contributed by atoms with E-state index in [9.17, 15) is 13.2 Å². The maximum absolute atomic E-state index is 12.3. The molecule has 0 saturated carbocycles. The van der Waals surface area contributed by atoms with E-state index < -0.39 is 15.6 Å². The number of para-hydroxylation sites is 1. The number of fused-ring (bicyclic) bond motifs is 1. The molecule has 0 radical (unpaired) electrons. The number of piperazine rings is 1. The van der Waals surface area contributed by atoms with Crippen LogP contribution < -0.4 is 14.9 Å². The molecule has 0 aliphatic carbocycles. The summed E-state index contributed by atoms with van der Waals surface area (Å²) in [5.74, 6) is 1.57. The summed E-state index contributed by atoms with van der Waals surface area (Å²) in [6.07, 6.45) is 1.70. The molecule has 6 rings (SSSR count). The van der Waals surface area contributed by atoms with Crippen LogP contribution in [-0.2, 0) is 21.2 Å². The number of anilines is 3. The quantitative estimate of drug-likeness (QED) is 0.362. The number of nitrogens with zero attached hydrogens (tertiary/aromatic N) is 6. The molecule has 12 nitrogen and oxygen atoms in total. The van der Waals surface area contributed by atoms with Crippen LogP contribution in [-0.4, -0.2) is 122 Å². The number of nitrogens with one attached hydrogen (secondary N) is 2. The van der Waals surface area contributed by atoms with E-state index in [4.69, 9.17) is 14.7 Å². The Kier molecular flexibility index (Phi) is 8.77. The summed E-state index contributed by atoms with van der Waals surface area (Å²) in [5.41, 5.74) is 2.11. The van der Waals surface area contributed by atoms with E-state index in [0.29, 0.717) is 24.3 Å². The van der Waals surface area contributed by atoms with Gasteiger partial charge in [0.15, 0.2) is 0 Å². The molecular formula is C32H44N8O4S. The van der Waals surface area contributed by atoms with Gasteiger partial charge in [0.2, 0.25) is 16.0 Å². The first-order valence-corrected chi connectivity index (χ1v) is 17.6. The Bertz CT molecular complexity index is 1610. The van der Waals surface area contributed by atoms with E-state index >= 15 is 0 Å². The highest BCUT2D eigenvalue weighted by Crippen LogP contribution is 2.28. The van der Waals surface area contributed by atoms with Gasteiger partial charge in [0.25, 0.3) is 0 Å². The van der Waals surface area contributed by atoms with Crippen molar-refractivity contribution < 1.29 is 17.9 Å². The van der Waals surface area contributed by atoms with Gasteiger partial charge in [-0.15, -0.1) is 0 Å². The van der Waals surface area contributed by atoms with Crippen molar-refractivity contribution in [1.82, 2.24) is 24.7 Å². The van der Waals surface area contributed by atoms with Gasteiger partial charge in [-0.3, -0.25) is 14.5 Å². The minimum atomic E-state index is -3.29. The molecule has 1 aromatic heterocycles. The Morgan fingerprint density at radius 1 is 0.911 bits per heavy atom. The summed E-state index contributed by atoms with van der Waals surface area (Å²) in [6, 6.07) is 16.4. The van der Waals surface area contributed by atoms with Gasteiger partial charge in [0.1, 0.15) is 11.4 Å². The third-order valence-electron chi connectivity index (χ3n) is 8.60. The Labute approximate surface area is 265 Å². The number of hydrogen-bond donors (Lipinski definition) is 2. The van der Waals surface area contributed by atoms with E-state index in [1.54, 1.807) is 17.0 Å². The van der Waals surface area contributed by atoms with Crippen LogP contribution in [0.5, 0.6) is 0 Å². The normalized spacial score (nSPS) is 18.8. The van der Waals surface area contributed by atoms with Crippen LogP contribution in [0.15, 0.2) is 48.5 Å². The molecule has 45 heavy (non-hydrogen) atoms. The molecular weight excluding hydrogens is 592 g/mol. The molecule has 4 heterocycles. The van der Waals surface area contributed by atoms with Crippen molar-refractivity contribution in [3.05, 3.63) is 54.1 Å². The van der Waals surface area contributed by atoms with Crippen molar-refractivity contribution in [2.24, 2.45) is 0 Å². The number of carbonyl (C=O) groups excluding carboxylic acids is 1. The third kappa shape index (κ3) is 7.77. The van der Waals surface area contributed by atoms with Gasteiger partial charge in [-0.2, -0.15) is 4.98 Å². The summed E-state index contributed by atoms with van der Waals surface area (Å²) >= 11 is 0. The maximum Gasteiger partial charge on any atom is 0.410 e. The zero-order valence-corrected chi connectivity index (χ0v) is 27.4. The van der Waals surface area contributed by atoms with Gasteiger partial charge in [-0.05, 0) is 57.0 Å². The molecule has 242 valence electrons. The second-order valence-electron chi connectivity index (χ2n) is 13.3. The first-order valence-electron chi connectivity index (χ1n) is 15.7. The van der Waals surface area contributed by atoms with Crippen LogP contribution >= 0.6 is 0 Å². The van der Waals surface area contributed by atoms with Crippen molar-refractivity contribution in [2.75, 3.05) is 80.1 Å². The monoisotopic (exact) mass is 636 g/mol. The Balaban J connectivity index is 0.989. The summed E-state index contributed by atoms with van der Waals surface area (Å²) < 4.78 is 30.9. The second kappa shape index (κ2) is 12.6. The molecule has 1 amide bonds. The number of sulfonamides is 1. The minimum Gasteiger partial charge on any atom is -0.444 e. The van der Waals surface area contributed by atoms with Gasteiger partial charge in [0, 0.05) is 82.1 Å². The SMILES string of the molecule is CC(C)(C)OC(=O)N1CC(N2CCN(C3CN(c4nc(NCCc5ccc(NS(C)(=O)=O)cc5)c5ccccc5n4)C3)CC2)C1. The second-order valence-corrected chi connectivity index (χ2v) is 15.1. The number of ether oxygens (including phenoxy) is 1. The summed E-state index contributed by atoms with van der Waals surface area (Å²) in [6.45, 7) is 13.8. The molecule has 2 aromatic carbocycles. The topological polar surface area (TPSA) is 123 Å². The highest BCUT2D eigenvalue weighted by Gasteiger charge is 2.40. The molecule has 3 aromatic rings. The Morgan fingerprint density at radius 3 is 2.16 bits per heavy atom. The molecule has 3 saturated heterocycles. The minimum absolute atomic E-state index is 0.211. The Morgan fingerprint density at radius 2 is 1.53 bits per heavy atom. The van der Waals surface area contributed by atoms with Crippen molar-refractivity contribution in [2.45, 2.75) is 44.9 Å². The van der Waals surface area contributed by atoms with E-state index in [-0.39, 0.29) is 6.09 Å². The van der Waals surface area contributed by atoms with Gasteiger partial charge < -0.3 is 19.9 Å². The summed E-state index contributed by atoms with van der Waals surface area (Å²) in [5, 5.41) is 4.51. The number of benzene rings is 2. The number of amides is 1. The number of aromatic nitrogens is 2. The molecule has 3 fully saturated rings. The van der Waals surface area contributed by atoms with Gasteiger partial charge in [-0.1, -0.05) is 24.3 Å². The first-order chi connectivity index (χ1) is 21.4. The molecule has 13 heteroatoms. The highest BCUT2D eigenvalue weighted by molar-refractivity contribution is 7.92. The number of rotatable bonds is 9. The standard InChI is InChI=1S/C32H44N8O4S/c1-32(2,3)44-31(41)40-21-26(22-40)38-17-15-37(16-18-38)25-19-39(20-25)30-34-28-8-6-5-7-27(28)29(35-30)33-14-13-23-9-11-24(12-10-23)36-45(4,42)43/h5-12,25-26,36H,13-22H2,1-4H3,(H,33,34,35). The van der Waals surface area contributed by atoms with Crippen LogP contribution in [0.1, 0.15) is 26.3 Å². The van der Waals surface area contributed by atoms with Gasteiger partial charge in [0.05, 0.1) is 11.8 Å². The molecule has 3 aliphatic rings. The van der Waals surface area contributed by atoms with Crippen LogP contribution in [0.4, 0.5) is 22.2 Å². The van der Waals surface area contributed by atoms with Crippen LogP contribution in [0.25, 0.3) is 10.9 Å². The summed E-state index contributed by atoms with van der Waals surface area (Å²) in [4.78, 5) is 31.3. The molecule has 0 atom stereocenters. The van der Waals surface area contributed by atoms with Gasteiger partial charge in [-0.25, -0.2) is 18.2 Å². The molecule has 0 unspecified atom stereocenters. The van der Waals surface area contributed by atoms with E-state index in [1.807, 2.05) is 57.2 Å². The van der Waals surface area contributed by atoms with E-state index in [1.165, 1.54) is 0 Å². The van der Waals surface area contributed by atoms with Gasteiger partial charge >= 0.3 is 6.09 Å².